The van der Waals surface area contributed by atoms with Crippen molar-refractivity contribution in [2.45, 2.75) is 25.3 Å². The van der Waals surface area contributed by atoms with E-state index in [0.717, 1.165) is 36.0 Å². The summed E-state index contributed by atoms with van der Waals surface area (Å²) in [6, 6.07) is 7.25. The number of hydrogen-bond acceptors (Lipinski definition) is 4. The number of benzene rings is 1. The molecule has 0 aromatic heterocycles. The Bertz CT molecular complexity index is 519. The molecule has 0 spiro atoms. The minimum absolute atomic E-state index is 0. The molecule has 1 atom stereocenters. The quantitative estimate of drug-likeness (QED) is 0.739. The standard InChI is InChI=1S/C16H21BrN2O3.ClH/c1-22-15(20)10-14(11-2-4-13(17)5-3-11)19-16(21)12-6-8-18-9-7-12;/h2-5,12,14,18H,6-10H2,1H3,(H,19,21);1H. The lowest BCUT2D eigenvalue weighted by atomic mass is 9.95. The van der Waals surface area contributed by atoms with Crippen molar-refractivity contribution >= 4 is 40.2 Å². The zero-order valence-electron chi connectivity index (χ0n) is 13.0. The molecule has 1 unspecified atom stereocenters. The summed E-state index contributed by atoms with van der Waals surface area (Å²) in [5.74, 6) is -0.311. The van der Waals surface area contributed by atoms with Gasteiger partial charge in [0.05, 0.1) is 19.6 Å². The normalized spacial score (nSPS) is 16.1. The van der Waals surface area contributed by atoms with E-state index in [-0.39, 0.29) is 42.7 Å². The molecule has 1 aromatic carbocycles. The van der Waals surface area contributed by atoms with E-state index in [0.29, 0.717) is 0 Å². The molecule has 1 saturated heterocycles. The van der Waals surface area contributed by atoms with Crippen LogP contribution in [0.2, 0.25) is 0 Å². The number of methoxy groups -OCH3 is 1. The topological polar surface area (TPSA) is 67.4 Å². The third-order valence-corrected chi connectivity index (χ3v) is 4.43. The number of ether oxygens (including phenoxy) is 1. The van der Waals surface area contributed by atoms with Crippen LogP contribution >= 0.6 is 28.3 Å². The first kappa shape index (κ1) is 19.9. The molecule has 23 heavy (non-hydrogen) atoms. The molecule has 2 rings (SSSR count). The van der Waals surface area contributed by atoms with Crippen LogP contribution in [0.5, 0.6) is 0 Å². The molecule has 128 valence electrons. The first-order valence-corrected chi connectivity index (χ1v) is 8.23. The highest BCUT2D eigenvalue weighted by Gasteiger charge is 2.25. The Labute approximate surface area is 151 Å². The van der Waals surface area contributed by atoms with Crippen LogP contribution < -0.4 is 10.6 Å². The van der Waals surface area contributed by atoms with Crippen LogP contribution in [0.1, 0.15) is 30.9 Å². The zero-order chi connectivity index (χ0) is 15.9. The molecule has 7 heteroatoms. The fourth-order valence-corrected chi connectivity index (χ4v) is 2.84. The second kappa shape index (κ2) is 9.90. The van der Waals surface area contributed by atoms with Gasteiger partial charge in [-0.3, -0.25) is 9.59 Å². The smallest absolute Gasteiger partial charge is 0.307 e. The fourth-order valence-electron chi connectivity index (χ4n) is 2.57. The molecular weight excluding hydrogens is 384 g/mol. The van der Waals surface area contributed by atoms with E-state index >= 15 is 0 Å². The van der Waals surface area contributed by atoms with Crippen molar-refractivity contribution in [2.24, 2.45) is 5.92 Å². The number of halogens is 2. The van der Waals surface area contributed by atoms with Gasteiger partial charge in [-0.1, -0.05) is 28.1 Å². The third kappa shape index (κ3) is 6.12. The number of carbonyl (C=O) groups is 2. The maximum Gasteiger partial charge on any atom is 0.307 e. The van der Waals surface area contributed by atoms with Crippen LogP contribution in [0.3, 0.4) is 0 Å². The molecular formula is C16H22BrClN2O3. The van der Waals surface area contributed by atoms with Gasteiger partial charge in [0.1, 0.15) is 0 Å². The lowest BCUT2D eigenvalue weighted by Gasteiger charge is -2.25. The minimum atomic E-state index is -0.358. The molecule has 5 nitrogen and oxygen atoms in total. The van der Waals surface area contributed by atoms with Crippen LogP contribution in [0.15, 0.2) is 28.7 Å². The summed E-state index contributed by atoms with van der Waals surface area (Å²) in [7, 11) is 1.36. The van der Waals surface area contributed by atoms with Crippen LogP contribution in [-0.2, 0) is 14.3 Å². The van der Waals surface area contributed by atoms with Crippen molar-refractivity contribution in [3.05, 3.63) is 34.3 Å². The Kier molecular flexibility index (Phi) is 8.58. The summed E-state index contributed by atoms with van der Waals surface area (Å²) >= 11 is 3.39. The molecule has 1 amide bonds. The van der Waals surface area contributed by atoms with E-state index in [9.17, 15) is 9.59 Å². The van der Waals surface area contributed by atoms with Crippen molar-refractivity contribution in [2.75, 3.05) is 20.2 Å². The highest BCUT2D eigenvalue weighted by Crippen LogP contribution is 2.22. The molecule has 0 aliphatic carbocycles. The maximum atomic E-state index is 12.4. The Morgan fingerprint density at radius 3 is 2.48 bits per heavy atom. The third-order valence-electron chi connectivity index (χ3n) is 3.90. The van der Waals surface area contributed by atoms with Crippen molar-refractivity contribution in [3.63, 3.8) is 0 Å². The van der Waals surface area contributed by atoms with E-state index in [1.54, 1.807) is 0 Å². The summed E-state index contributed by atoms with van der Waals surface area (Å²) in [6.45, 7) is 1.72. The predicted molar refractivity (Wildman–Crippen MR) is 94.5 cm³/mol. The van der Waals surface area contributed by atoms with Crippen LogP contribution in [0.4, 0.5) is 0 Å². The first-order valence-electron chi connectivity index (χ1n) is 7.43. The monoisotopic (exact) mass is 404 g/mol. The van der Waals surface area contributed by atoms with Crippen molar-refractivity contribution in [1.82, 2.24) is 10.6 Å². The van der Waals surface area contributed by atoms with Crippen molar-refractivity contribution in [3.8, 4) is 0 Å². The molecule has 1 aliphatic heterocycles. The van der Waals surface area contributed by atoms with Gasteiger partial charge >= 0.3 is 5.97 Å². The number of carbonyl (C=O) groups excluding carboxylic acids is 2. The lowest BCUT2D eigenvalue weighted by Crippen LogP contribution is -2.40. The Morgan fingerprint density at radius 1 is 1.30 bits per heavy atom. The summed E-state index contributed by atoms with van der Waals surface area (Å²) in [4.78, 5) is 24.0. The minimum Gasteiger partial charge on any atom is -0.469 e. The number of rotatable bonds is 5. The Morgan fingerprint density at radius 2 is 1.91 bits per heavy atom. The van der Waals surface area contributed by atoms with E-state index < -0.39 is 0 Å². The van der Waals surface area contributed by atoms with Crippen LogP contribution in [0, 0.1) is 5.92 Å². The molecule has 1 aromatic rings. The molecule has 0 radical (unpaired) electrons. The van der Waals surface area contributed by atoms with Gasteiger partial charge in [0.2, 0.25) is 5.91 Å². The van der Waals surface area contributed by atoms with Gasteiger partial charge in [-0.2, -0.15) is 0 Å². The number of amides is 1. The van der Waals surface area contributed by atoms with Gasteiger partial charge in [-0.05, 0) is 43.6 Å². The van der Waals surface area contributed by atoms with E-state index in [1.165, 1.54) is 7.11 Å². The van der Waals surface area contributed by atoms with Gasteiger partial charge in [-0.15, -0.1) is 12.4 Å². The largest absolute Gasteiger partial charge is 0.469 e. The number of esters is 1. The average Bonchev–Trinajstić information content (AvgIpc) is 2.55. The molecule has 1 fully saturated rings. The Hall–Kier alpha value is -1.11. The highest BCUT2D eigenvalue weighted by atomic mass is 79.9. The molecule has 2 N–H and O–H groups in total. The number of nitrogens with one attached hydrogen (secondary N) is 2. The van der Waals surface area contributed by atoms with Gasteiger partial charge in [0, 0.05) is 10.4 Å². The van der Waals surface area contributed by atoms with Gasteiger partial charge in [-0.25, -0.2) is 0 Å². The lowest BCUT2D eigenvalue weighted by molar-refractivity contribution is -0.141. The fraction of sp³-hybridized carbons (Fsp3) is 0.500. The second-order valence-electron chi connectivity index (χ2n) is 5.42. The molecule has 0 saturated carbocycles. The first-order chi connectivity index (χ1) is 10.6. The second-order valence-corrected chi connectivity index (χ2v) is 6.33. The number of hydrogen-bond donors (Lipinski definition) is 2. The maximum absolute atomic E-state index is 12.4. The SMILES string of the molecule is COC(=O)CC(NC(=O)C1CCNCC1)c1ccc(Br)cc1.Cl. The van der Waals surface area contributed by atoms with E-state index in [1.807, 2.05) is 24.3 Å². The van der Waals surface area contributed by atoms with Crippen molar-refractivity contribution in [1.29, 1.82) is 0 Å². The van der Waals surface area contributed by atoms with Crippen LogP contribution in [0.25, 0.3) is 0 Å². The highest BCUT2D eigenvalue weighted by molar-refractivity contribution is 9.10. The molecule has 1 aliphatic rings. The summed E-state index contributed by atoms with van der Waals surface area (Å²) in [6.07, 6.45) is 1.79. The van der Waals surface area contributed by atoms with Gasteiger partial charge < -0.3 is 15.4 Å². The summed E-state index contributed by atoms with van der Waals surface area (Å²) in [5, 5.41) is 6.25. The summed E-state index contributed by atoms with van der Waals surface area (Å²) in [5.41, 5.74) is 0.899. The van der Waals surface area contributed by atoms with E-state index in [2.05, 4.69) is 26.6 Å². The summed E-state index contributed by atoms with van der Waals surface area (Å²) < 4.78 is 5.70. The van der Waals surface area contributed by atoms with E-state index in [4.69, 9.17) is 4.74 Å². The number of piperidine rings is 1. The van der Waals surface area contributed by atoms with Crippen molar-refractivity contribution < 1.29 is 14.3 Å². The van der Waals surface area contributed by atoms with Gasteiger partial charge in [0.25, 0.3) is 0 Å². The predicted octanol–water partition coefficient (Wildman–Crippen LogP) is 2.59. The average molecular weight is 406 g/mol. The van der Waals surface area contributed by atoms with Crippen LogP contribution in [-0.4, -0.2) is 32.1 Å². The zero-order valence-corrected chi connectivity index (χ0v) is 15.4. The van der Waals surface area contributed by atoms with Gasteiger partial charge in [0.15, 0.2) is 0 Å². The Balaban J connectivity index is 0.00000264. The molecule has 0 bridgehead atoms. The molecule has 1 heterocycles.